The number of amides is 2. The number of carboxylic acids is 1. The van der Waals surface area contributed by atoms with E-state index in [0.29, 0.717) is 23.7 Å². The van der Waals surface area contributed by atoms with E-state index in [1.807, 2.05) is 0 Å². The fourth-order valence-corrected chi connectivity index (χ4v) is 8.41. The molecule has 192 valence electrons. The number of hydrogen-bond donors (Lipinski definition) is 4. The molecular formula is C27H44N2O5. The quantitative estimate of drug-likeness (QED) is 0.462. The molecule has 4 aliphatic rings. The third-order valence-corrected chi connectivity index (χ3v) is 9.62. The topological polar surface area (TPSA) is 116 Å². The van der Waals surface area contributed by atoms with Crippen molar-refractivity contribution in [3.63, 3.8) is 0 Å². The Morgan fingerprint density at radius 1 is 1.06 bits per heavy atom. The SMILES string of the molecule is CC(=O)NC(C)[C@H]1CC[C@H]2[C@@H]3CC=C4C[C@@H](NC(C)=O)CC[C@]4(C)[C@H]3CC[C@]12CO.CC(=O)O. The number of fused-ring (bicyclic) bond motifs is 5. The van der Waals surface area contributed by atoms with E-state index < -0.39 is 5.97 Å². The van der Waals surface area contributed by atoms with Gasteiger partial charge >= 0.3 is 0 Å². The van der Waals surface area contributed by atoms with Crippen LogP contribution in [0.15, 0.2) is 11.6 Å². The van der Waals surface area contributed by atoms with Crippen LogP contribution in [0.3, 0.4) is 0 Å². The van der Waals surface area contributed by atoms with Crippen LogP contribution in [0.1, 0.15) is 86.0 Å². The highest BCUT2D eigenvalue weighted by molar-refractivity contribution is 5.73. The largest absolute Gasteiger partial charge is 0.481 e. The highest BCUT2D eigenvalue weighted by Crippen LogP contribution is 2.66. The molecular weight excluding hydrogens is 432 g/mol. The van der Waals surface area contributed by atoms with Crippen LogP contribution in [0.5, 0.6) is 0 Å². The average Bonchev–Trinajstić information content (AvgIpc) is 3.13. The van der Waals surface area contributed by atoms with Crippen molar-refractivity contribution in [3.8, 4) is 0 Å². The maximum absolute atomic E-state index is 11.7. The lowest BCUT2D eigenvalue weighted by atomic mass is 9.47. The molecule has 4 N–H and O–H groups in total. The first kappa shape index (κ1) is 26.7. The third-order valence-electron chi connectivity index (χ3n) is 9.62. The van der Waals surface area contributed by atoms with Gasteiger partial charge < -0.3 is 20.8 Å². The van der Waals surface area contributed by atoms with E-state index in [4.69, 9.17) is 9.90 Å². The van der Waals surface area contributed by atoms with Crippen LogP contribution in [0.4, 0.5) is 0 Å². The van der Waals surface area contributed by atoms with E-state index >= 15 is 0 Å². The summed E-state index contributed by atoms with van der Waals surface area (Å²) in [6, 6.07) is 0.405. The Morgan fingerprint density at radius 2 is 1.74 bits per heavy atom. The Labute approximate surface area is 204 Å². The van der Waals surface area contributed by atoms with Gasteiger partial charge in [-0.3, -0.25) is 14.4 Å². The zero-order valence-corrected chi connectivity index (χ0v) is 21.5. The number of aliphatic hydroxyl groups excluding tert-OH is 1. The molecule has 0 spiro atoms. The summed E-state index contributed by atoms with van der Waals surface area (Å²) in [5, 5.41) is 24.3. The number of carboxylic acid groups (broad SMARTS) is 1. The molecule has 4 aliphatic carbocycles. The van der Waals surface area contributed by atoms with E-state index in [9.17, 15) is 14.7 Å². The molecule has 0 aromatic carbocycles. The summed E-state index contributed by atoms with van der Waals surface area (Å²) in [5.74, 6) is 1.49. The molecule has 0 radical (unpaired) electrons. The standard InChI is InChI=1S/C25H40N2O3.C2H4O2/c1-15(26-16(2)29)21-7-8-23-20-6-5-18-13-19(27-17(3)30)9-11-24(18,4)22(20)10-12-25(21,23)14-28;1-2(3)4/h5,15,19-23,28H,6-14H2,1-4H3,(H,26,29)(H,27,30);1H3,(H,3,4)/t15?,19-,20+,21+,22-,23-,24-,25-;/m0./s1. The van der Waals surface area contributed by atoms with Crippen molar-refractivity contribution < 1.29 is 24.6 Å². The van der Waals surface area contributed by atoms with Gasteiger partial charge in [0.25, 0.3) is 5.97 Å². The second kappa shape index (κ2) is 10.4. The van der Waals surface area contributed by atoms with E-state index in [2.05, 4.69) is 30.6 Å². The molecule has 0 bridgehead atoms. The minimum atomic E-state index is -0.833. The van der Waals surface area contributed by atoms with Gasteiger partial charge in [0.05, 0.1) is 0 Å². The monoisotopic (exact) mass is 476 g/mol. The fraction of sp³-hybridized carbons (Fsp3) is 0.815. The Bertz CT molecular complexity index is 822. The zero-order chi connectivity index (χ0) is 25.3. The maximum Gasteiger partial charge on any atom is 0.300 e. The van der Waals surface area contributed by atoms with Crippen molar-refractivity contribution in [2.75, 3.05) is 6.61 Å². The van der Waals surface area contributed by atoms with E-state index in [0.717, 1.165) is 45.4 Å². The highest BCUT2D eigenvalue weighted by Gasteiger charge is 2.61. The minimum Gasteiger partial charge on any atom is -0.481 e. The molecule has 0 saturated heterocycles. The number of aliphatic carboxylic acids is 1. The first-order valence-electron chi connectivity index (χ1n) is 13.0. The molecule has 0 aromatic rings. The third kappa shape index (κ3) is 5.05. The Kier molecular flexibility index (Phi) is 8.16. The van der Waals surface area contributed by atoms with Gasteiger partial charge in [-0.2, -0.15) is 0 Å². The van der Waals surface area contributed by atoms with Crippen LogP contribution >= 0.6 is 0 Å². The molecule has 7 heteroatoms. The van der Waals surface area contributed by atoms with Crippen molar-refractivity contribution in [1.82, 2.24) is 10.6 Å². The number of allylic oxidation sites excluding steroid dienone is 1. The first-order valence-corrected chi connectivity index (χ1v) is 13.0. The highest BCUT2D eigenvalue weighted by atomic mass is 16.4. The van der Waals surface area contributed by atoms with Crippen LogP contribution in [-0.4, -0.2) is 46.7 Å². The summed E-state index contributed by atoms with van der Waals surface area (Å²) in [5.41, 5.74) is 1.75. The number of rotatable bonds is 4. The average molecular weight is 477 g/mol. The second-order valence-corrected chi connectivity index (χ2v) is 11.5. The van der Waals surface area contributed by atoms with Crippen LogP contribution < -0.4 is 10.6 Å². The summed E-state index contributed by atoms with van der Waals surface area (Å²) >= 11 is 0. The molecule has 0 heterocycles. The Morgan fingerprint density at radius 3 is 2.32 bits per heavy atom. The molecule has 1 unspecified atom stereocenters. The van der Waals surface area contributed by atoms with Gasteiger partial charge in [-0.25, -0.2) is 0 Å². The van der Waals surface area contributed by atoms with E-state index in [-0.39, 0.29) is 41.3 Å². The summed E-state index contributed by atoms with van der Waals surface area (Å²) in [4.78, 5) is 32.2. The molecule has 3 fully saturated rings. The van der Waals surface area contributed by atoms with Gasteiger partial charge in [-0.1, -0.05) is 18.6 Å². The predicted molar refractivity (Wildman–Crippen MR) is 131 cm³/mol. The molecule has 3 saturated carbocycles. The molecule has 8 atom stereocenters. The minimum absolute atomic E-state index is 0.0291. The zero-order valence-electron chi connectivity index (χ0n) is 21.5. The molecule has 7 nitrogen and oxygen atoms in total. The lowest BCUT2D eigenvalue weighted by molar-refractivity contribution is -0.134. The Hall–Kier alpha value is -1.89. The van der Waals surface area contributed by atoms with Gasteiger partial charge in [0, 0.05) is 44.9 Å². The van der Waals surface area contributed by atoms with Crippen molar-refractivity contribution in [1.29, 1.82) is 0 Å². The normalized spacial score (nSPS) is 39.1. The van der Waals surface area contributed by atoms with E-state index in [1.165, 1.54) is 12.8 Å². The van der Waals surface area contributed by atoms with Gasteiger partial charge in [-0.05, 0) is 87.4 Å². The lowest BCUT2D eigenvalue weighted by Gasteiger charge is -2.59. The van der Waals surface area contributed by atoms with Crippen LogP contribution in [-0.2, 0) is 14.4 Å². The summed E-state index contributed by atoms with van der Waals surface area (Å²) in [6.07, 6.45) is 11.3. The number of carbonyl (C=O) groups is 3. The van der Waals surface area contributed by atoms with Crippen molar-refractivity contribution >= 4 is 17.8 Å². The van der Waals surface area contributed by atoms with Crippen LogP contribution in [0.2, 0.25) is 0 Å². The number of nitrogens with one attached hydrogen (secondary N) is 2. The number of hydrogen-bond acceptors (Lipinski definition) is 4. The van der Waals surface area contributed by atoms with Gasteiger partial charge in [-0.15, -0.1) is 0 Å². The molecule has 2 amide bonds. The Balaban J connectivity index is 0.000000751. The lowest BCUT2D eigenvalue weighted by Crippen LogP contribution is -2.55. The predicted octanol–water partition coefficient (Wildman–Crippen LogP) is 3.66. The van der Waals surface area contributed by atoms with Gasteiger partial charge in [0.15, 0.2) is 0 Å². The smallest absolute Gasteiger partial charge is 0.300 e. The summed E-state index contributed by atoms with van der Waals surface area (Å²) < 4.78 is 0. The van der Waals surface area contributed by atoms with Crippen molar-refractivity contribution in [3.05, 3.63) is 11.6 Å². The number of carbonyl (C=O) groups excluding carboxylic acids is 2. The fourth-order valence-electron chi connectivity index (χ4n) is 8.41. The van der Waals surface area contributed by atoms with Crippen molar-refractivity contribution in [2.45, 2.75) is 98.1 Å². The summed E-state index contributed by atoms with van der Waals surface area (Å²) in [6.45, 7) is 9.14. The second-order valence-electron chi connectivity index (χ2n) is 11.5. The first-order chi connectivity index (χ1) is 15.9. The van der Waals surface area contributed by atoms with Crippen LogP contribution in [0.25, 0.3) is 0 Å². The maximum atomic E-state index is 11.7. The molecule has 0 aromatic heterocycles. The number of aliphatic hydroxyl groups is 1. The molecule has 34 heavy (non-hydrogen) atoms. The van der Waals surface area contributed by atoms with Gasteiger partial charge in [0.2, 0.25) is 11.8 Å². The summed E-state index contributed by atoms with van der Waals surface area (Å²) in [7, 11) is 0. The molecule has 0 aliphatic heterocycles. The van der Waals surface area contributed by atoms with Gasteiger partial charge in [0.1, 0.15) is 0 Å². The van der Waals surface area contributed by atoms with Crippen molar-refractivity contribution in [2.24, 2.45) is 34.5 Å². The van der Waals surface area contributed by atoms with E-state index in [1.54, 1.807) is 19.4 Å². The molecule has 4 rings (SSSR count). The van der Waals surface area contributed by atoms with Crippen LogP contribution in [0, 0.1) is 34.5 Å².